The van der Waals surface area contributed by atoms with Crippen molar-refractivity contribution in [3.8, 4) is 5.75 Å². The summed E-state index contributed by atoms with van der Waals surface area (Å²) in [5.74, 6) is -16.2. The summed E-state index contributed by atoms with van der Waals surface area (Å²) < 4.78 is 0. The number of phenols is 1. The number of aromatic hydroxyl groups is 1. The summed E-state index contributed by atoms with van der Waals surface area (Å²) in [4.78, 5) is 193. The molecule has 0 aliphatic heterocycles. The zero-order valence-corrected chi connectivity index (χ0v) is 58.2. The van der Waals surface area contributed by atoms with Gasteiger partial charge >= 0.3 is 11.9 Å². The molecule has 27 N–H and O–H groups in total. The number of primary amides is 1. The first-order valence-corrected chi connectivity index (χ1v) is 33.5. The molecule has 104 heavy (non-hydrogen) atoms. The van der Waals surface area contributed by atoms with Gasteiger partial charge in [-0.15, -0.1) is 0 Å². The predicted molar refractivity (Wildman–Crippen MR) is 373 cm³/mol. The third-order valence-corrected chi connectivity index (χ3v) is 16.0. The molecule has 3 rings (SSSR count). The normalized spacial score (nSPS) is 14.8. The molecular weight excluding hydrogens is 1360 g/mol. The third kappa shape index (κ3) is 31.6. The van der Waals surface area contributed by atoms with Crippen LogP contribution in [0.4, 0.5) is 0 Å². The van der Waals surface area contributed by atoms with E-state index in [1.807, 2.05) is 0 Å². The van der Waals surface area contributed by atoms with Gasteiger partial charge in [-0.2, -0.15) is 0 Å². The van der Waals surface area contributed by atoms with Gasteiger partial charge in [-0.25, -0.2) is 4.79 Å². The van der Waals surface area contributed by atoms with Crippen LogP contribution < -0.4 is 87.2 Å². The SMILES string of the molecule is CC(C)[C@H](NC(=O)[C@@H](N)CCC(N)=O)C(=O)N[C@@H](Cc1ccc(O)cc1)C(=O)N[C@@H](C)C(=O)N[C@@H](CCC(=O)O)C(=O)N[C@@H](Cc1ccccc1)C(=O)N[C@@H](CCCCN)C(=O)N[C@H](C(=O)N[C@@H](CO)C(=O)N[C@@H](Cc1ccccc1)C(=O)N[C@@H](CCCN=C(N)N)C(=O)N[C@@H](CO)C(=O)O)[C@@H](C)O. The van der Waals surface area contributed by atoms with E-state index < -0.39 is 193 Å². The summed E-state index contributed by atoms with van der Waals surface area (Å²) in [5.41, 5.74) is 29.1. The number of carbonyl (C=O) groups is 14. The number of carboxylic acids is 2. The van der Waals surface area contributed by atoms with E-state index in [0.29, 0.717) is 16.7 Å². The minimum Gasteiger partial charge on any atom is -0.508 e. The highest BCUT2D eigenvalue weighted by Gasteiger charge is 2.38. The van der Waals surface area contributed by atoms with Crippen molar-refractivity contribution >= 4 is 88.8 Å². The molecule has 3 aromatic carbocycles. The van der Waals surface area contributed by atoms with E-state index in [1.165, 1.54) is 31.2 Å². The molecule has 0 heterocycles. The molecule has 12 amide bonds. The highest BCUT2D eigenvalue weighted by atomic mass is 16.4. The van der Waals surface area contributed by atoms with Crippen LogP contribution in [-0.2, 0) is 86.4 Å². The molecule has 572 valence electrons. The van der Waals surface area contributed by atoms with Gasteiger partial charge in [0, 0.05) is 38.6 Å². The minimum atomic E-state index is -1.95. The molecule has 0 aliphatic rings. The van der Waals surface area contributed by atoms with Crippen LogP contribution in [0.15, 0.2) is 89.9 Å². The fraction of sp³-hybridized carbons (Fsp3) is 0.507. The number of aliphatic hydroxyl groups is 3. The number of aliphatic imine (C=N–C) groups is 1. The average Bonchev–Trinajstić information content (AvgIpc) is 0.843. The van der Waals surface area contributed by atoms with Gasteiger partial charge in [-0.3, -0.25) is 67.3 Å². The number of carboxylic acid groups (broad SMARTS) is 2. The summed E-state index contributed by atoms with van der Waals surface area (Å²) >= 11 is 0. The van der Waals surface area contributed by atoms with Crippen molar-refractivity contribution in [2.45, 2.75) is 183 Å². The smallest absolute Gasteiger partial charge is 0.328 e. The van der Waals surface area contributed by atoms with Gasteiger partial charge < -0.3 is 118 Å². The van der Waals surface area contributed by atoms with E-state index in [1.54, 1.807) is 74.5 Å². The Morgan fingerprint density at radius 2 is 0.817 bits per heavy atom. The molecule has 0 spiro atoms. The number of guanidine groups is 1. The lowest BCUT2D eigenvalue weighted by atomic mass is 10.00. The molecule has 0 aliphatic carbocycles. The van der Waals surface area contributed by atoms with Gasteiger partial charge in [0.15, 0.2) is 5.96 Å². The molecule has 0 aromatic heterocycles. The fourth-order valence-corrected chi connectivity index (χ4v) is 10.1. The number of rotatable bonds is 47. The lowest BCUT2D eigenvalue weighted by Gasteiger charge is -2.29. The van der Waals surface area contributed by atoms with Crippen molar-refractivity contribution in [3.05, 3.63) is 102 Å². The maximum absolute atomic E-state index is 14.7. The molecule has 0 bridgehead atoms. The molecule has 0 fully saturated rings. The van der Waals surface area contributed by atoms with E-state index in [9.17, 15) is 97.8 Å². The van der Waals surface area contributed by atoms with Gasteiger partial charge in [0.2, 0.25) is 70.9 Å². The molecule has 0 saturated heterocycles. The Labute approximate surface area is 599 Å². The Kier molecular flexibility index (Phi) is 37.9. The summed E-state index contributed by atoms with van der Waals surface area (Å²) in [5, 5.41) is 87.0. The Morgan fingerprint density at radius 3 is 1.27 bits per heavy atom. The van der Waals surface area contributed by atoms with Crippen LogP contribution in [0.1, 0.15) is 102 Å². The molecule has 0 saturated carbocycles. The largest absolute Gasteiger partial charge is 0.508 e. The Hall–Kier alpha value is -10.9. The molecule has 0 radical (unpaired) electrons. The van der Waals surface area contributed by atoms with Crippen LogP contribution in [0, 0.1) is 5.92 Å². The summed E-state index contributed by atoms with van der Waals surface area (Å²) in [6, 6.07) is 2.41. The number of unbranched alkanes of at least 4 members (excludes halogenated alkanes) is 1. The molecule has 3 aromatic rings. The number of amides is 12. The van der Waals surface area contributed by atoms with Gasteiger partial charge in [0.05, 0.1) is 25.4 Å². The molecule has 37 heteroatoms. The lowest BCUT2D eigenvalue weighted by Crippen LogP contribution is -2.62. The number of carbonyl (C=O) groups excluding carboxylic acids is 12. The number of phenolic OH excluding ortho intramolecular Hbond substituents is 1. The zero-order valence-electron chi connectivity index (χ0n) is 58.2. The van der Waals surface area contributed by atoms with Crippen LogP contribution >= 0.6 is 0 Å². The predicted octanol–water partition coefficient (Wildman–Crippen LogP) is -6.48. The first-order chi connectivity index (χ1) is 49.2. The first kappa shape index (κ1) is 87.3. The number of benzene rings is 3. The van der Waals surface area contributed by atoms with Gasteiger partial charge in [0.25, 0.3) is 0 Å². The van der Waals surface area contributed by atoms with Crippen LogP contribution in [-0.4, -0.2) is 224 Å². The number of nitrogens with zero attached hydrogens (tertiary/aromatic N) is 1. The quantitative estimate of drug-likeness (QED) is 0.0142. The van der Waals surface area contributed by atoms with Gasteiger partial charge in [-0.05, 0) is 100 Å². The molecule has 0 unspecified atom stereocenters. The van der Waals surface area contributed by atoms with Crippen LogP contribution in [0.25, 0.3) is 0 Å². The molecule has 13 atom stereocenters. The van der Waals surface area contributed by atoms with Gasteiger partial charge in [-0.1, -0.05) is 86.6 Å². The van der Waals surface area contributed by atoms with Crippen LogP contribution in [0.3, 0.4) is 0 Å². The topological polar surface area (TPSA) is 635 Å². The third-order valence-electron chi connectivity index (χ3n) is 16.0. The summed E-state index contributed by atoms with van der Waals surface area (Å²) in [7, 11) is 0. The second-order valence-corrected chi connectivity index (χ2v) is 24.9. The van der Waals surface area contributed by atoms with Crippen LogP contribution in [0.2, 0.25) is 0 Å². The van der Waals surface area contributed by atoms with E-state index in [-0.39, 0.29) is 89.0 Å². The number of nitrogens with one attached hydrogen (secondary N) is 11. The van der Waals surface area contributed by atoms with E-state index >= 15 is 0 Å². The van der Waals surface area contributed by atoms with Crippen molar-refractivity contribution in [1.82, 2.24) is 58.5 Å². The summed E-state index contributed by atoms with van der Waals surface area (Å²) in [6.07, 6.45) is -4.15. The highest BCUT2D eigenvalue weighted by Crippen LogP contribution is 2.15. The maximum Gasteiger partial charge on any atom is 0.328 e. The van der Waals surface area contributed by atoms with E-state index in [0.717, 1.165) is 6.92 Å². The zero-order chi connectivity index (χ0) is 77.8. The number of nitrogens with two attached hydrogens (primary N) is 5. The summed E-state index contributed by atoms with van der Waals surface area (Å²) in [6.45, 7) is 3.39. The monoisotopic (exact) mass is 1460 g/mol. The van der Waals surface area contributed by atoms with Crippen molar-refractivity contribution in [2.24, 2.45) is 39.6 Å². The maximum atomic E-state index is 14.7. The molecular formula is C67H99N17O20. The fourth-order valence-electron chi connectivity index (χ4n) is 10.1. The molecule has 37 nitrogen and oxygen atoms in total. The Morgan fingerprint density at radius 1 is 0.423 bits per heavy atom. The number of hydrogen-bond acceptors (Lipinski definition) is 21. The second-order valence-electron chi connectivity index (χ2n) is 24.9. The second kappa shape index (κ2) is 45.2. The standard InChI is InChI=1S/C67H99N17O20/c1-35(2)53(83-56(93)42(69)24-26-51(70)89)64(101)80-46(32-40-20-22-41(88)23-21-40)60(97)74-36(3)55(92)75-45(25-27-52(90)91)58(95)78-47(30-38-14-7-5-8-15-38)61(98)76-43(18-11-12-28-68)59(96)84-54(37(4)87)65(102)81-49(33-85)63(100)79-48(31-39-16-9-6-10-17-39)62(99)77-44(19-13-29-73-67(71)72)57(94)82-50(34-86)66(103)104/h5-10,14-17,20-23,35-37,42-50,53-54,85-88H,11-13,18-19,24-34,68-69H2,1-4H3,(H2,70,89)(H,74,97)(H,75,92)(H,76,98)(H,77,99)(H,78,95)(H,79,100)(H,80,101)(H,81,102)(H,82,94)(H,83,93)(H,84,96)(H,90,91)(H,103,104)(H4,71,72,73)/t36-,37+,42-,43-,44-,45-,46-,47-,48-,49-,50-,53-,54-/m0/s1. The number of hydrogen-bond donors (Lipinski definition) is 22. The van der Waals surface area contributed by atoms with Crippen molar-refractivity contribution < 1.29 is 97.8 Å². The lowest BCUT2D eigenvalue weighted by molar-refractivity contribution is -0.143. The van der Waals surface area contributed by atoms with Crippen molar-refractivity contribution in [3.63, 3.8) is 0 Å². The average molecular weight is 1460 g/mol. The van der Waals surface area contributed by atoms with Crippen molar-refractivity contribution in [1.29, 1.82) is 0 Å². The van der Waals surface area contributed by atoms with E-state index in [2.05, 4.69) is 63.5 Å². The van der Waals surface area contributed by atoms with Gasteiger partial charge in [0.1, 0.15) is 72.2 Å². The number of aliphatic carboxylic acids is 2. The minimum absolute atomic E-state index is 0.0355. The highest BCUT2D eigenvalue weighted by molar-refractivity contribution is 6.00. The Bertz CT molecular complexity index is 3400. The van der Waals surface area contributed by atoms with E-state index in [4.69, 9.17) is 28.7 Å². The Balaban J connectivity index is 1.93. The first-order valence-electron chi connectivity index (χ1n) is 33.5. The van der Waals surface area contributed by atoms with Crippen molar-refractivity contribution in [2.75, 3.05) is 26.3 Å². The number of aliphatic hydroxyl groups excluding tert-OH is 3. The van der Waals surface area contributed by atoms with Crippen LogP contribution in [0.5, 0.6) is 5.75 Å².